The van der Waals surface area contributed by atoms with Crippen LogP contribution < -0.4 is 19.6 Å². The van der Waals surface area contributed by atoms with Gasteiger partial charge in [0.05, 0.1) is 6.54 Å². The standard InChI is InChI=1S/C18H17ClN2O5/c19-21-18(24)17(26-14-9-5-2-6-10-14)15(22)11-20-16(23)12-25-13-7-3-1-4-8-13/h1-10,17H,11-12H2,(H,20,23)(H,21,24). The van der Waals surface area contributed by atoms with Crippen LogP contribution in [0.2, 0.25) is 0 Å². The first-order valence-corrected chi connectivity index (χ1v) is 8.07. The Labute approximate surface area is 155 Å². The van der Waals surface area contributed by atoms with Crippen molar-refractivity contribution in [3.8, 4) is 11.5 Å². The number of halogens is 1. The van der Waals surface area contributed by atoms with E-state index < -0.39 is 30.2 Å². The number of carbonyl (C=O) groups excluding carboxylic acids is 3. The molecule has 0 aliphatic heterocycles. The van der Waals surface area contributed by atoms with Crippen LogP contribution in [0.3, 0.4) is 0 Å². The highest BCUT2D eigenvalue weighted by Gasteiger charge is 2.28. The number of hydrogen-bond donors (Lipinski definition) is 2. The van der Waals surface area contributed by atoms with Crippen molar-refractivity contribution in [1.29, 1.82) is 0 Å². The summed E-state index contributed by atoms with van der Waals surface area (Å²) in [6.07, 6.45) is -1.48. The molecule has 0 bridgehead atoms. The summed E-state index contributed by atoms with van der Waals surface area (Å²) in [6.45, 7) is -0.665. The van der Waals surface area contributed by atoms with E-state index in [-0.39, 0.29) is 6.61 Å². The number of benzene rings is 2. The Bertz CT molecular complexity index is 740. The van der Waals surface area contributed by atoms with Gasteiger partial charge in [-0.1, -0.05) is 36.4 Å². The zero-order chi connectivity index (χ0) is 18.8. The van der Waals surface area contributed by atoms with Gasteiger partial charge < -0.3 is 14.8 Å². The lowest BCUT2D eigenvalue weighted by molar-refractivity contribution is -0.137. The number of ether oxygens (including phenoxy) is 2. The van der Waals surface area contributed by atoms with E-state index in [1.165, 1.54) is 0 Å². The van der Waals surface area contributed by atoms with Crippen molar-refractivity contribution in [3.05, 3.63) is 60.7 Å². The van der Waals surface area contributed by atoms with Crippen LogP contribution in [0.4, 0.5) is 0 Å². The van der Waals surface area contributed by atoms with Crippen LogP contribution in [-0.2, 0) is 14.4 Å². The Kier molecular flexibility index (Phi) is 7.45. The molecule has 0 heterocycles. The molecule has 2 aromatic carbocycles. The molecule has 2 aromatic rings. The molecule has 0 spiro atoms. The molecule has 0 aromatic heterocycles. The van der Waals surface area contributed by atoms with Gasteiger partial charge in [0.15, 0.2) is 6.61 Å². The quantitative estimate of drug-likeness (QED) is 0.510. The lowest BCUT2D eigenvalue weighted by atomic mass is 10.2. The normalized spacial score (nSPS) is 11.1. The van der Waals surface area contributed by atoms with Crippen molar-refractivity contribution in [1.82, 2.24) is 10.2 Å². The Morgan fingerprint density at radius 3 is 2.08 bits per heavy atom. The summed E-state index contributed by atoms with van der Waals surface area (Å²) in [5, 5.41) is 2.38. The van der Waals surface area contributed by atoms with Gasteiger partial charge in [-0.15, -0.1) is 0 Å². The second kappa shape index (κ2) is 10.0. The Balaban J connectivity index is 1.86. The van der Waals surface area contributed by atoms with Gasteiger partial charge >= 0.3 is 0 Å². The molecule has 26 heavy (non-hydrogen) atoms. The third kappa shape index (κ3) is 6.10. The smallest absolute Gasteiger partial charge is 0.283 e. The minimum atomic E-state index is -1.48. The minimum absolute atomic E-state index is 0.261. The maximum Gasteiger partial charge on any atom is 0.283 e. The first kappa shape index (κ1) is 19.3. The number of carbonyl (C=O) groups is 3. The van der Waals surface area contributed by atoms with E-state index in [4.69, 9.17) is 21.3 Å². The number of ketones is 1. The zero-order valence-electron chi connectivity index (χ0n) is 13.7. The van der Waals surface area contributed by atoms with Gasteiger partial charge in [0.25, 0.3) is 11.8 Å². The highest BCUT2D eigenvalue weighted by atomic mass is 35.5. The minimum Gasteiger partial charge on any atom is -0.484 e. The van der Waals surface area contributed by atoms with Crippen molar-refractivity contribution in [2.75, 3.05) is 13.2 Å². The predicted octanol–water partition coefficient (Wildman–Crippen LogP) is 1.47. The Morgan fingerprint density at radius 1 is 0.923 bits per heavy atom. The van der Waals surface area contributed by atoms with Crippen molar-refractivity contribution in [3.63, 3.8) is 0 Å². The molecule has 8 heteroatoms. The molecule has 2 amide bonds. The number of para-hydroxylation sites is 2. The third-order valence-electron chi connectivity index (χ3n) is 3.19. The molecule has 136 valence electrons. The highest BCUT2D eigenvalue weighted by molar-refractivity contribution is 6.24. The summed E-state index contributed by atoms with van der Waals surface area (Å²) >= 11 is 5.30. The lowest BCUT2D eigenvalue weighted by Crippen LogP contribution is -2.46. The van der Waals surface area contributed by atoms with Crippen LogP contribution in [0.1, 0.15) is 0 Å². The van der Waals surface area contributed by atoms with Gasteiger partial charge in [-0.2, -0.15) is 0 Å². The highest BCUT2D eigenvalue weighted by Crippen LogP contribution is 2.12. The Hall–Kier alpha value is -3.06. The first-order chi connectivity index (χ1) is 12.6. The Morgan fingerprint density at radius 2 is 1.50 bits per heavy atom. The lowest BCUT2D eigenvalue weighted by Gasteiger charge is -2.16. The van der Waals surface area contributed by atoms with Crippen molar-refractivity contribution >= 4 is 29.4 Å². The maximum absolute atomic E-state index is 12.2. The second-order valence-corrected chi connectivity index (χ2v) is 5.30. The third-order valence-corrected chi connectivity index (χ3v) is 3.38. The second-order valence-electron chi connectivity index (χ2n) is 5.11. The number of rotatable bonds is 9. The van der Waals surface area contributed by atoms with Gasteiger partial charge in [-0.05, 0) is 24.3 Å². The monoisotopic (exact) mass is 376 g/mol. The van der Waals surface area contributed by atoms with Gasteiger partial charge in [0.1, 0.15) is 11.5 Å². The molecule has 0 saturated heterocycles. The van der Waals surface area contributed by atoms with Crippen molar-refractivity contribution < 1.29 is 23.9 Å². The SMILES string of the molecule is O=C(COc1ccccc1)NCC(=O)C(Oc1ccccc1)C(=O)NCl. The van der Waals surface area contributed by atoms with Crippen molar-refractivity contribution in [2.45, 2.75) is 6.10 Å². The van der Waals surface area contributed by atoms with Crippen LogP contribution in [0.5, 0.6) is 11.5 Å². The molecule has 2 rings (SSSR count). The number of hydrogen-bond acceptors (Lipinski definition) is 5. The van der Waals surface area contributed by atoms with Crippen LogP contribution in [0.15, 0.2) is 60.7 Å². The zero-order valence-corrected chi connectivity index (χ0v) is 14.4. The van der Waals surface area contributed by atoms with Crippen LogP contribution in [0, 0.1) is 0 Å². The van der Waals surface area contributed by atoms with Crippen molar-refractivity contribution in [2.24, 2.45) is 0 Å². The van der Waals surface area contributed by atoms with E-state index in [1.807, 2.05) is 10.9 Å². The largest absolute Gasteiger partial charge is 0.484 e. The summed E-state index contributed by atoms with van der Waals surface area (Å²) < 4.78 is 10.6. The molecule has 0 fully saturated rings. The fourth-order valence-corrected chi connectivity index (χ4v) is 2.04. The average Bonchev–Trinajstić information content (AvgIpc) is 2.69. The molecule has 0 aliphatic carbocycles. The molecular weight excluding hydrogens is 360 g/mol. The number of nitrogens with one attached hydrogen (secondary N) is 2. The van der Waals surface area contributed by atoms with E-state index in [9.17, 15) is 14.4 Å². The van der Waals surface area contributed by atoms with Crippen LogP contribution >= 0.6 is 11.8 Å². The fraction of sp³-hybridized carbons (Fsp3) is 0.167. The van der Waals surface area contributed by atoms with Crippen LogP contribution in [0.25, 0.3) is 0 Å². The van der Waals surface area contributed by atoms with Crippen LogP contribution in [-0.4, -0.2) is 36.9 Å². The molecule has 1 unspecified atom stereocenters. The summed E-state index contributed by atoms with van der Waals surface area (Å²) in [6, 6.07) is 17.1. The summed E-state index contributed by atoms with van der Waals surface area (Å²) in [5.41, 5.74) is 0. The first-order valence-electron chi connectivity index (χ1n) is 7.69. The summed E-state index contributed by atoms with van der Waals surface area (Å²) in [4.78, 5) is 37.6. The van der Waals surface area contributed by atoms with E-state index >= 15 is 0 Å². The maximum atomic E-state index is 12.2. The van der Waals surface area contributed by atoms with Gasteiger partial charge in [0.2, 0.25) is 11.9 Å². The van der Waals surface area contributed by atoms with E-state index in [0.29, 0.717) is 11.5 Å². The van der Waals surface area contributed by atoms with Gasteiger partial charge in [0, 0.05) is 11.8 Å². The molecule has 2 N–H and O–H groups in total. The number of Topliss-reactive ketones (excluding diaryl/α,β-unsaturated/α-hetero) is 1. The summed E-state index contributed by atoms with van der Waals surface area (Å²) in [7, 11) is 0. The van der Waals surface area contributed by atoms with Gasteiger partial charge in [-0.25, -0.2) is 0 Å². The molecule has 1 atom stereocenters. The average molecular weight is 377 g/mol. The number of amides is 2. The fourth-order valence-electron chi connectivity index (χ4n) is 1.95. The molecule has 0 aliphatic rings. The van der Waals surface area contributed by atoms with E-state index in [0.717, 1.165) is 0 Å². The van der Waals surface area contributed by atoms with Gasteiger partial charge in [-0.3, -0.25) is 19.2 Å². The summed E-state index contributed by atoms with van der Waals surface area (Å²) in [5.74, 6) is -1.13. The molecule has 7 nitrogen and oxygen atoms in total. The molecule has 0 radical (unpaired) electrons. The van der Waals surface area contributed by atoms with E-state index in [2.05, 4.69) is 5.32 Å². The molecular formula is C18H17ClN2O5. The van der Waals surface area contributed by atoms with E-state index in [1.54, 1.807) is 54.6 Å². The predicted molar refractivity (Wildman–Crippen MR) is 94.8 cm³/mol. The topological polar surface area (TPSA) is 93.7 Å². The molecule has 0 saturated carbocycles.